The van der Waals surface area contributed by atoms with Crippen LogP contribution in [0.25, 0.3) is 0 Å². The van der Waals surface area contributed by atoms with Crippen molar-refractivity contribution in [3.63, 3.8) is 0 Å². The van der Waals surface area contributed by atoms with Crippen LogP contribution in [-0.2, 0) is 0 Å². The molecule has 0 radical (unpaired) electrons. The van der Waals surface area contributed by atoms with Gasteiger partial charge in [0.2, 0.25) is 0 Å². The first-order chi connectivity index (χ1) is 15.9. The van der Waals surface area contributed by atoms with Crippen LogP contribution in [0.5, 0.6) is 0 Å². The van der Waals surface area contributed by atoms with Crippen molar-refractivity contribution in [2.45, 2.75) is 79.6 Å². The third-order valence-corrected chi connectivity index (χ3v) is 5.47. The Morgan fingerprint density at radius 3 is 1.03 bits per heavy atom. The van der Waals surface area contributed by atoms with Gasteiger partial charge in [-0.25, -0.2) is 4.79 Å². The molecule has 7 heteroatoms. The number of carbonyl (C=O) groups is 3. The SMILES string of the molecule is CC(C)N(C(=O)c1ccc(NC(=O)Nc2ccc(C(=O)N(C(C)C)C(C)C)cc2)cc1)C(C)C. The predicted octanol–water partition coefficient (Wildman–Crippen LogP) is 5.85. The molecule has 4 amide bonds. The summed E-state index contributed by atoms with van der Waals surface area (Å²) < 4.78 is 0. The van der Waals surface area contributed by atoms with Crippen LogP contribution < -0.4 is 10.6 Å². The zero-order valence-electron chi connectivity index (χ0n) is 21.5. The molecule has 184 valence electrons. The summed E-state index contributed by atoms with van der Waals surface area (Å²) in [6.07, 6.45) is 0. The molecule has 0 spiro atoms. The van der Waals surface area contributed by atoms with Gasteiger partial charge < -0.3 is 20.4 Å². The fraction of sp³-hybridized carbons (Fsp3) is 0.444. The Morgan fingerprint density at radius 2 is 0.794 bits per heavy atom. The third-order valence-electron chi connectivity index (χ3n) is 5.47. The van der Waals surface area contributed by atoms with Gasteiger partial charge in [-0.2, -0.15) is 0 Å². The molecule has 2 N–H and O–H groups in total. The second kappa shape index (κ2) is 11.7. The van der Waals surface area contributed by atoms with Gasteiger partial charge in [0.1, 0.15) is 0 Å². The number of hydrogen-bond acceptors (Lipinski definition) is 3. The highest BCUT2D eigenvalue weighted by Gasteiger charge is 2.22. The summed E-state index contributed by atoms with van der Waals surface area (Å²) in [7, 11) is 0. The number of amides is 4. The Kier molecular flexibility index (Phi) is 9.24. The van der Waals surface area contributed by atoms with Crippen LogP contribution in [0, 0.1) is 0 Å². The van der Waals surface area contributed by atoms with Crippen molar-refractivity contribution >= 4 is 29.2 Å². The van der Waals surface area contributed by atoms with E-state index in [2.05, 4.69) is 10.6 Å². The number of nitrogens with zero attached hydrogens (tertiary/aromatic N) is 2. The van der Waals surface area contributed by atoms with Crippen LogP contribution in [0.2, 0.25) is 0 Å². The maximum atomic E-state index is 12.8. The van der Waals surface area contributed by atoms with Gasteiger partial charge in [0.15, 0.2) is 0 Å². The average Bonchev–Trinajstić information content (AvgIpc) is 2.73. The smallest absolute Gasteiger partial charge is 0.323 e. The number of benzene rings is 2. The summed E-state index contributed by atoms with van der Waals surface area (Å²) in [5.74, 6) is -0.0757. The molecule has 7 nitrogen and oxygen atoms in total. The van der Waals surface area contributed by atoms with E-state index in [4.69, 9.17) is 0 Å². The monoisotopic (exact) mass is 466 g/mol. The summed E-state index contributed by atoms with van der Waals surface area (Å²) in [5.41, 5.74) is 2.30. The first-order valence-electron chi connectivity index (χ1n) is 11.9. The summed E-state index contributed by atoms with van der Waals surface area (Å²) in [4.78, 5) is 41.7. The molecule has 0 saturated carbocycles. The standard InChI is InChI=1S/C27H38N4O3/c1-17(2)30(18(3)4)25(32)21-9-13-23(14-10-21)28-27(34)29-24-15-11-22(12-16-24)26(33)31(19(5)6)20(7)8/h9-20H,1-8H3,(H2,28,29,34). The van der Waals surface area contributed by atoms with Crippen LogP contribution in [-0.4, -0.2) is 51.8 Å². The van der Waals surface area contributed by atoms with Crippen molar-refractivity contribution in [1.82, 2.24) is 9.80 Å². The van der Waals surface area contributed by atoms with Crippen molar-refractivity contribution in [1.29, 1.82) is 0 Å². The van der Waals surface area contributed by atoms with Crippen molar-refractivity contribution in [3.8, 4) is 0 Å². The van der Waals surface area contributed by atoms with E-state index in [-0.39, 0.29) is 36.0 Å². The maximum Gasteiger partial charge on any atom is 0.323 e. The summed E-state index contributed by atoms with van der Waals surface area (Å²) in [5, 5.41) is 5.53. The van der Waals surface area contributed by atoms with Crippen molar-refractivity contribution < 1.29 is 14.4 Å². The van der Waals surface area contributed by atoms with E-state index in [1.807, 2.05) is 65.2 Å². The summed E-state index contributed by atoms with van der Waals surface area (Å²) in [6.45, 7) is 15.9. The topological polar surface area (TPSA) is 81.8 Å². The van der Waals surface area contributed by atoms with Gasteiger partial charge >= 0.3 is 6.03 Å². The van der Waals surface area contributed by atoms with E-state index >= 15 is 0 Å². The average molecular weight is 467 g/mol. The minimum atomic E-state index is -0.407. The fourth-order valence-corrected chi connectivity index (χ4v) is 4.11. The molecule has 2 aromatic rings. The highest BCUT2D eigenvalue weighted by molar-refractivity contribution is 6.01. The lowest BCUT2D eigenvalue weighted by molar-refractivity contribution is 0.0634. The van der Waals surface area contributed by atoms with Crippen LogP contribution >= 0.6 is 0 Å². The molecule has 2 rings (SSSR count). The van der Waals surface area contributed by atoms with Crippen molar-refractivity contribution in [2.24, 2.45) is 0 Å². The van der Waals surface area contributed by atoms with Crippen LogP contribution in [0.4, 0.5) is 16.2 Å². The lowest BCUT2D eigenvalue weighted by atomic mass is 10.1. The van der Waals surface area contributed by atoms with Gasteiger partial charge in [-0.15, -0.1) is 0 Å². The first-order valence-corrected chi connectivity index (χ1v) is 11.9. The molecule has 0 saturated heterocycles. The molecule has 0 aliphatic rings. The van der Waals surface area contributed by atoms with Gasteiger partial charge in [-0.1, -0.05) is 0 Å². The zero-order chi connectivity index (χ0) is 25.6. The van der Waals surface area contributed by atoms with E-state index in [1.165, 1.54) is 0 Å². The maximum absolute atomic E-state index is 12.8. The molecular weight excluding hydrogens is 428 g/mol. The molecule has 0 heterocycles. The highest BCUT2D eigenvalue weighted by atomic mass is 16.2. The number of urea groups is 1. The minimum Gasteiger partial charge on any atom is -0.334 e. The minimum absolute atomic E-state index is 0.0378. The quantitative estimate of drug-likeness (QED) is 0.512. The fourth-order valence-electron chi connectivity index (χ4n) is 4.11. The van der Waals surface area contributed by atoms with E-state index in [1.54, 1.807) is 48.5 Å². The number of carbonyl (C=O) groups excluding carboxylic acids is 3. The third kappa shape index (κ3) is 6.83. The largest absolute Gasteiger partial charge is 0.334 e. The number of nitrogens with one attached hydrogen (secondary N) is 2. The summed E-state index contributed by atoms with van der Waals surface area (Å²) in [6, 6.07) is 13.7. The lowest BCUT2D eigenvalue weighted by Gasteiger charge is -2.31. The van der Waals surface area contributed by atoms with Crippen molar-refractivity contribution in [3.05, 3.63) is 59.7 Å². The van der Waals surface area contributed by atoms with Gasteiger partial charge in [0.05, 0.1) is 0 Å². The molecule has 0 aliphatic heterocycles. The Balaban J connectivity index is 2.01. The van der Waals surface area contributed by atoms with Gasteiger partial charge in [0.25, 0.3) is 11.8 Å². The van der Waals surface area contributed by atoms with Gasteiger partial charge in [-0.05, 0) is 104 Å². The van der Waals surface area contributed by atoms with E-state index in [9.17, 15) is 14.4 Å². The molecule has 34 heavy (non-hydrogen) atoms. The Hall–Kier alpha value is -3.35. The van der Waals surface area contributed by atoms with E-state index < -0.39 is 6.03 Å². The second-order valence-electron chi connectivity index (χ2n) is 9.53. The van der Waals surface area contributed by atoms with E-state index in [0.717, 1.165) is 0 Å². The Morgan fingerprint density at radius 1 is 0.529 bits per heavy atom. The van der Waals surface area contributed by atoms with Crippen LogP contribution in [0.1, 0.15) is 76.1 Å². The molecule has 0 aliphatic carbocycles. The molecule has 0 unspecified atom stereocenters. The first kappa shape index (κ1) is 26.9. The van der Waals surface area contributed by atoms with Crippen molar-refractivity contribution in [2.75, 3.05) is 10.6 Å². The molecule has 2 aromatic carbocycles. The number of hydrogen-bond donors (Lipinski definition) is 2. The van der Waals surface area contributed by atoms with Crippen LogP contribution in [0.3, 0.4) is 0 Å². The number of rotatable bonds is 8. The Bertz CT molecular complexity index is 884. The highest BCUT2D eigenvalue weighted by Crippen LogP contribution is 2.18. The second-order valence-corrected chi connectivity index (χ2v) is 9.53. The number of anilines is 2. The summed E-state index contributed by atoms with van der Waals surface area (Å²) >= 11 is 0. The predicted molar refractivity (Wildman–Crippen MR) is 138 cm³/mol. The van der Waals surface area contributed by atoms with Gasteiger partial charge in [-0.3, -0.25) is 9.59 Å². The lowest BCUT2D eigenvalue weighted by Crippen LogP contribution is -2.42. The Labute approximate surface area is 203 Å². The molecule has 0 atom stereocenters. The molecule has 0 bridgehead atoms. The normalized spacial score (nSPS) is 11.2. The molecule has 0 fully saturated rings. The van der Waals surface area contributed by atoms with E-state index in [0.29, 0.717) is 22.5 Å². The zero-order valence-corrected chi connectivity index (χ0v) is 21.5. The molecular formula is C27H38N4O3. The van der Waals surface area contributed by atoms with Crippen LogP contribution in [0.15, 0.2) is 48.5 Å². The molecule has 0 aromatic heterocycles. The van der Waals surface area contributed by atoms with Gasteiger partial charge in [0, 0.05) is 46.7 Å².